The van der Waals surface area contributed by atoms with E-state index in [2.05, 4.69) is 5.32 Å². The third-order valence-electron chi connectivity index (χ3n) is 4.97. The maximum absolute atomic E-state index is 12.7. The van der Waals surface area contributed by atoms with E-state index in [1.165, 1.54) is 11.8 Å². The SMILES string of the molecule is Cc1ccccc1/C=C1\SC(=S)N(CCCCCC(=O)NCc2ccccc2)C1=O. The molecule has 0 saturated carbocycles. The van der Waals surface area contributed by atoms with Gasteiger partial charge in [-0.25, -0.2) is 0 Å². The van der Waals surface area contributed by atoms with Gasteiger partial charge in [0.05, 0.1) is 4.91 Å². The van der Waals surface area contributed by atoms with E-state index in [9.17, 15) is 9.59 Å². The van der Waals surface area contributed by atoms with E-state index in [1.807, 2.05) is 67.6 Å². The minimum absolute atomic E-state index is 0.0196. The van der Waals surface area contributed by atoms with Crippen molar-refractivity contribution in [1.82, 2.24) is 10.2 Å². The first-order chi connectivity index (χ1) is 14.5. The van der Waals surface area contributed by atoms with Gasteiger partial charge >= 0.3 is 0 Å². The van der Waals surface area contributed by atoms with E-state index in [-0.39, 0.29) is 11.8 Å². The summed E-state index contributed by atoms with van der Waals surface area (Å²) in [7, 11) is 0. The lowest BCUT2D eigenvalue weighted by molar-refractivity contribution is -0.123. The number of carbonyl (C=O) groups is 2. The molecule has 1 fully saturated rings. The van der Waals surface area contributed by atoms with Gasteiger partial charge in [-0.3, -0.25) is 14.5 Å². The van der Waals surface area contributed by atoms with Crippen LogP contribution < -0.4 is 5.32 Å². The second-order valence-corrected chi connectivity index (χ2v) is 8.94. The molecule has 0 atom stereocenters. The summed E-state index contributed by atoms with van der Waals surface area (Å²) in [6.07, 6.45) is 4.93. The predicted molar refractivity (Wildman–Crippen MR) is 128 cm³/mol. The average molecular weight is 439 g/mol. The Morgan fingerprint density at radius 2 is 1.80 bits per heavy atom. The summed E-state index contributed by atoms with van der Waals surface area (Å²) in [5.41, 5.74) is 3.27. The van der Waals surface area contributed by atoms with Gasteiger partial charge in [0.15, 0.2) is 0 Å². The van der Waals surface area contributed by atoms with Gasteiger partial charge in [-0.2, -0.15) is 0 Å². The Labute approximate surface area is 187 Å². The molecule has 0 aliphatic carbocycles. The van der Waals surface area contributed by atoms with Crippen LogP contribution in [-0.4, -0.2) is 27.6 Å². The highest BCUT2D eigenvalue weighted by atomic mass is 32.2. The number of carbonyl (C=O) groups excluding carboxylic acids is 2. The highest BCUT2D eigenvalue weighted by Gasteiger charge is 2.31. The quantitative estimate of drug-likeness (QED) is 0.337. The molecule has 1 saturated heterocycles. The molecular formula is C24H26N2O2S2. The van der Waals surface area contributed by atoms with E-state index >= 15 is 0 Å². The van der Waals surface area contributed by atoms with Crippen molar-refractivity contribution in [2.24, 2.45) is 0 Å². The Bertz CT molecular complexity index is 941. The van der Waals surface area contributed by atoms with Crippen molar-refractivity contribution in [1.29, 1.82) is 0 Å². The molecule has 0 aromatic heterocycles. The van der Waals surface area contributed by atoms with Gasteiger partial charge in [-0.15, -0.1) is 0 Å². The number of unbranched alkanes of at least 4 members (excludes halogenated alkanes) is 2. The molecule has 6 heteroatoms. The fourth-order valence-corrected chi connectivity index (χ4v) is 4.50. The van der Waals surface area contributed by atoms with Crippen molar-refractivity contribution in [3.05, 3.63) is 76.2 Å². The Balaban J connectivity index is 1.38. The summed E-state index contributed by atoms with van der Waals surface area (Å²) < 4.78 is 0.612. The molecule has 1 heterocycles. The lowest BCUT2D eigenvalue weighted by Crippen LogP contribution is -2.29. The molecule has 0 bridgehead atoms. The van der Waals surface area contributed by atoms with Gasteiger partial charge in [-0.1, -0.05) is 85.0 Å². The van der Waals surface area contributed by atoms with E-state index in [4.69, 9.17) is 12.2 Å². The van der Waals surface area contributed by atoms with Crippen LogP contribution >= 0.6 is 24.0 Å². The van der Waals surface area contributed by atoms with Crippen molar-refractivity contribution in [2.45, 2.75) is 39.2 Å². The first-order valence-electron chi connectivity index (χ1n) is 10.2. The molecule has 1 N–H and O–H groups in total. The number of hydrogen-bond donors (Lipinski definition) is 1. The molecule has 0 spiro atoms. The third-order valence-corrected chi connectivity index (χ3v) is 6.34. The van der Waals surface area contributed by atoms with Crippen LogP contribution in [0.15, 0.2) is 59.5 Å². The van der Waals surface area contributed by atoms with Crippen molar-refractivity contribution in [2.75, 3.05) is 6.54 Å². The summed E-state index contributed by atoms with van der Waals surface area (Å²) in [6, 6.07) is 17.9. The number of thiocarbonyl (C=S) groups is 1. The maximum Gasteiger partial charge on any atom is 0.266 e. The molecule has 1 aliphatic heterocycles. The van der Waals surface area contributed by atoms with Crippen LogP contribution in [0.4, 0.5) is 0 Å². The smallest absolute Gasteiger partial charge is 0.266 e. The van der Waals surface area contributed by atoms with Crippen molar-refractivity contribution in [3.8, 4) is 0 Å². The molecule has 156 valence electrons. The van der Waals surface area contributed by atoms with Gasteiger partial charge in [0.2, 0.25) is 5.91 Å². The summed E-state index contributed by atoms with van der Waals surface area (Å²) >= 11 is 6.77. The minimum Gasteiger partial charge on any atom is -0.352 e. The number of rotatable bonds is 9. The van der Waals surface area contributed by atoms with Crippen molar-refractivity contribution < 1.29 is 9.59 Å². The van der Waals surface area contributed by atoms with Gasteiger partial charge in [0, 0.05) is 19.5 Å². The number of nitrogens with one attached hydrogen (secondary N) is 1. The van der Waals surface area contributed by atoms with Crippen molar-refractivity contribution >= 4 is 46.2 Å². The van der Waals surface area contributed by atoms with Crippen LogP contribution in [0.2, 0.25) is 0 Å². The molecule has 30 heavy (non-hydrogen) atoms. The topological polar surface area (TPSA) is 49.4 Å². The highest BCUT2D eigenvalue weighted by molar-refractivity contribution is 8.26. The van der Waals surface area contributed by atoms with E-state index < -0.39 is 0 Å². The standard InChI is InChI=1S/C24H26N2O2S2/c1-18-10-7-8-13-20(18)16-21-23(28)26(24(29)30-21)15-9-3-6-14-22(27)25-17-19-11-4-2-5-12-19/h2,4-5,7-8,10-13,16H,3,6,9,14-15,17H2,1H3,(H,25,27)/b21-16-. The molecule has 1 aliphatic rings. The zero-order chi connectivity index (χ0) is 21.3. The molecule has 0 unspecified atom stereocenters. The fraction of sp³-hybridized carbons (Fsp3) is 0.292. The predicted octanol–water partition coefficient (Wildman–Crippen LogP) is 5.07. The number of aryl methyl sites for hydroxylation is 1. The number of amides is 2. The van der Waals surface area contributed by atoms with Crippen LogP contribution in [0, 0.1) is 6.92 Å². The first-order valence-corrected chi connectivity index (χ1v) is 11.4. The maximum atomic E-state index is 12.7. The highest BCUT2D eigenvalue weighted by Crippen LogP contribution is 2.33. The molecule has 0 radical (unpaired) electrons. The van der Waals surface area contributed by atoms with E-state index in [1.54, 1.807) is 4.90 Å². The molecule has 4 nitrogen and oxygen atoms in total. The fourth-order valence-electron chi connectivity index (χ4n) is 3.20. The van der Waals surface area contributed by atoms with Crippen LogP contribution in [-0.2, 0) is 16.1 Å². The first kappa shape index (κ1) is 22.2. The zero-order valence-electron chi connectivity index (χ0n) is 17.1. The second kappa shape index (κ2) is 11.1. The van der Waals surface area contributed by atoms with Gasteiger partial charge < -0.3 is 5.32 Å². The largest absolute Gasteiger partial charge is 0.352 e. The third kappa shape index (κ3) is 6.28. The normalized spacial score (nSPS) is 15.1. The van der Waals surface area contributed by atoms with Crippen molar-refractivity contribution in [3.63, 3.8) is 0 Å². The summed E-state index contributed by atoms with van der Waals surface area (Å²) in [4.78, 5) is 27.0. The van der Waals surface area contributed by atoms with Crippen LogP contribution in [0.1, 0.15) is 42.4 Å². The number of thioether (sulfide) groups is 1. The van der Waals surface area contributed by atoms with Crippen LogP contribution in [0.5, 0.6) is 0 Å². The van der Waals surface area contributed by atoms with Gasteiger partial charge in [-0.05, 0) is 42.5 Å². The average Bonchev–Trinajstić information content (AvgIpc) is 3.01. The molecular weight excluding hydrogens is 412 g/mol. The lowest BCUT2D eigenvalue weighted by atomic mass is 10.1. The molecule has 2 aromatic rings. The summed E-state index contributed by atoms with van der Waals surface area (Å²) in [6.45, 7) is 3.19. The molecule has 2 aromatic carbocycles. The van der Waals surface area contributed by atoms with E-state index in [0.717, 1.165) is 36.0 Å². The number of nitrogens with zero attached hydrogens (tertiary/aromatic N) is 1. The lowest BCUT2D eigenvalue weighted by Gasteiger charge is -2.14. The molecule has 2 amide bonds. The number of benzene rings is 2. The van der Waals surface area contributed by atoms with Gasteiger partial charge in [0.1, 0.15) is 4.32 Å². The van der Waals surface area contributed by atoms with Crippen LogP contribution in [0.3, 0.4) is 0 Å². The summed E-state index contributed by atoms with van der Waals surface area (Å²) in [5, 5.41) is 2.94. The number of hydrogen-bond acceptors (Lipinski definition) is 4. The Hall–Kier alpha value is -2.44. The Morgan fingerprint density at radius 1 is 1.07 bits per heavy atom. The molecule has 3 rings (SSSR count). The monoisotopic (exact) mass is 438 g/mol. The minimum atomic E-state index is -0.0196. The Morgan fingerprint density at radius 3 is 2.57 bits per heavy atom. The second-order valence-electron chi connectivity index (χ2n) is 7.26. The van der Waals surface area contributed by atoms with E-state index in [0.29, 0.717) is 28.7 Å². The van der Waals surface area contributed by atoms with Gasteiger partial charge in [0.25, 0.3) is 5.91 Å². The Kier molecular flexibility index (Phi) is 8.22. The zero-order valence-corrected chi connectivity index (χ0v) is 18.7. The van der Waals surface area contributed by atoms with Crippen LogP contribution in [0.25, 0.3) is 6.08 Å². The summed E-state index contributed by atoms with van der Waals surface area (Å²) in [5.74, 6) is 0.0412.